The van der Waals surface area contributed by atoms with E-state index in [1.165, 1.54) is 6.07 Å². The molecule has 2 atom stereocenters. The second-order valence-electron chi connectivity index (χ2n) is 7.79. The van der Waals surface area contributed by atoms with Crippen LogP contribution in [0.15, 0.2) is 53.7 Å². The highest BCUT2D eigenvalue weighted by Crippen LogP contribution is 2.26. The van der Waals surface area contributed by atoms with E-state index in [2.05, 4.69) is 9.55 Å². The maximum absolute atomic E-state index is 12.9. The van der Waals surface area contributed by atoms with Crippen LogP contribution in [0.5, 0.6) is 0 Å². The van der Waals surface area contributed by atoms with Crippen molar-refractivity contribution in [3.8, 4) is 0 Å². The summed E-state index contributed by atoms with van der Waals surface area (Å²) in [5, 5.41) is 0. The summed E-state index contributed by atoms with van der Waals surface area (Å²) >= 11 is 0. The van der Waals surface area contributed by atoms with Gasteiger partial charge >= 0.3 is 0 Å². The minimum Gasteiger partial charge on any atom is -0.371 e. The Morgan fingerprint density at radius 1 is 1.13 bits per heavy atom. The topological polar surface area (TPSA) is 78.6 Å². The van der Waals surface area contributed by atoms with Crippen LogP contribution in [-0.2, 0) is 16.0 Å². The van der Waals surface area contributed by atoms with E-state index in [-0.39, 0.29) is 29.7 Å². The third-order valence-corrected chi connectivity index (χ3v) is 5.97. The SMILES string of the molecule is CCn1ccc(C(=O)N2C[C@@H]3OCC(n4cnc5ccccc54)CO[C@H]3C2)cc1=O. The summed E-state index contributed by atoms with van der Waals surface area (Å²) < 4.78 is 16.0. The van der Waals surface area contributed by atoms with Gasteiger partial charge in [-0.25, -0.2) is 4.98 Å². The standard InChI is InChI=1S/C22H24N4O4/c1-2-24-8-7-15(9-21(24)27)22(28)25-10-19-20(11-25)30-13-16(12-29-19)26-14-23-17-5-3-4-6-18(17)26/h3-9,14,16,19-20H,2,10-13H2,1H3/t19-,20-/m0/s1. The molecule has 5 rings (SSSR count). The Morgan fingerprint density at radius 3 is 2.57 bits per heavy atom. The van der Waals surface area contributed by atoms with Crippen LogP contribution in [0.2, 0.25) is 0 Å². The third kappa shape index (κ3) is 3.32. The monoisotopic (exact) mass is 408 g/mol. The number of rotatable bonds is 3. The van der Waals surface area contributed by atoms with Gasteiger partial charge in [0, 0.05) is 37.5 Å². The lowest BCUT2D eigenvalue weighted by Crippen LogP contribution is -2.32. The molecule has 0 spiro atoms. The maximum Gasteiger partial charge on any atom is 0.254 e. The molecule has 2 aliphatic heterocycles. The molecule has 0 unspecified atom stereocenters. The van der Waals surface area contributed by atoms with Crippen LogP contribution in [0.1, 0.15) is 23.3 Å². The zero-order valence-electron chi connectivity index (χ0n) is 16.8. The Balaban J connectivity index is 1.27. The molecular weight excluding hydrogens is 384 g/mol. The van der Waals surface area contributed by atoms with Crippen molar-refractivity contribution in [2.24, 2.45) is 0 Å². The molecule has 2 saturated heterocycles. The maximum atomic E-state index is 12.9. The molecule has 2 aliphatic rings. The quantitative estimate of drug-likeness (QED) is 0.659. The van der Waals surface area contributed by atoms with Crippen molar-refractivity contribution in [2.45, 2.75) is 31.7 Å². The van der Waals surface area contributed by atoms with Gasteiger partial charge in [0.15, 0.2) is 0 Å². The Bertz CT molecular complexity index is 1120. The van der Waals surface area contributed by atoms with Crippen molar-refractivity contribution < 1.29 is 14.3 Å². The first kappa shape index (κ1) is 19.0. The van der Waals surface area contributed by atoms with Gasteiger partial charge in [0.2, 0.25) is 0 Å². The van der Waals surface area contributed by atoms with Crippen molar-refractivity contribution in [3.63, 3.8) is 0 Å². The molecule has 156 valence electrons. The number of likely N-dealkylation sites (tertiary alicyclic amines) is 1. The molecular formula is C22H24N4O4. The molecule has 1 aromatic carbocycles. The van der Waals surface area contributed by atoms with Crippen LogP contribution in [0.25, 0.3) is 11.0 Å². The predicted octanol–water partition coefficient (Wildman–Crippen LogP) is 1.70. The summed E-state index contributed by atoms with van der Waals surface area (Å²) in [7, 11) is 0. The van der Waals surface area contributed by atoms with Gasteiger partial charge in [-0.2, -0.15) is 0 Å². The molecule has 0 saturated carbocycles. The summed E-state index contributed by atoms with van der Waals surface area (Å²) in [5.41, 5.74) is 2.24. The lowest BCUT2D eigenvalue weighted by molar-refractivity contribution is -0.00461. The van der Waals surface area contributed by atoms with Crippen LogP contribution in [-0.4, -0.2) is 63.4 Å². The highest BCUT2D eigenvalue weighted by atomic mass is 16.6. The fraction of sp³-hybridized carbons (Fsp3) is 0.409. The number of pyridine rings is 1. The number of carbonyl (C=O) groups is 1. The number of amides is 1. The Kier molecular flexibility index (Phi) is 4.88. The van der Waals surface area contributed by atoms with Crippen molar-refractivity contribution >= 4 is 16.9 Å². The van der Waals surface area contributed by atoms with Crippen LogP contribution < -0.4 is 5.56 Å². The van der Waals surface area contributed by atoms with Gasteiger partial charge in [-0.1, -0.05) is 12.1 Å². The smallest absolute Gasteiger partial charge is 0.254 e. The third-order valence-electron chi connectivity index (χ3n) is 5.97. The normalized spacial score (nSPS) is 22.2. The van der Waals surface area contributed by atoms with E-state index in [0.717, 1.165) is 11.0 Å². The highest BCUT2D eigenvalue weighted by Gasteiger charge is 2.40. The number of hydrogen-bond donors (Lipinski definition) is 0. The van der Waals surface area contributed by atoms with Gasteiger partial charge in [-0.3, -0.25) is 9.59 Å². The van der Waals surface area contributed by atoms with Gasteiger partial charge in [-0.15, -0.1) is 0 Å². The molecule has 0 N–H and O–H groups in total. The van der Waals surface area contributed by atoms with E-state index in [9.17, 15) is 9.59 Å². The molecule has 0 aliphatic carbocycles. The summed E-state index contributed by atoms with van der Waals surface area (Å²) in [6.45, 7) is 4.38. The molecule has 0 bridgehead atoms. The second-order valence-corrected chi connectivity index (χ2v) is 7.79. The van der Waals surface area contributed by atoms with Gasteiger partial charge in [0.05, 0.1) is 36.6 Å². The first-order valence-corrected chi connectivity index (χ1v) is 10.3. The second kappa shape index (κ2) is 7.70. The Hall–Kier alpha value is -2.97. The van der Waals surface area contributed by atoms with E-state index in [4.69, 9.17) is 9.47 Å². The Labute approximate surface area is 173 Å². The zero-order chi connectivity index (χ0) is 20.7. The summed E-state index contributed by atoms with van der Waals surface area (Å²) in [6, 6.07) is 11.1. The van der Waals surface area contributed by atoms with E-state index < -0.39 is 0 Å². The average molecular weight is 408 g/mol. The molecule has 0 radical (unpaired) electrons. The van der Waals surface area contributed by atoms with E-state index >= 15 is 0 Å². The van der Waals surface area contributed by atoms with Gasteiger partial charge in [-0.05, 0) is 25.1 Å². The van der Waals surface area contributed by atoms with Crippen molar-refractivity contribution in [2.75, 3.05) is 26.3 Å². The molecule has 1 amide bonds. The molecule has 8 heteroatoms. The number of hydrogen-bond acceptors (Lipinski definition) is 5. The van der Waals surface area contributed by atoms with Crippen LogP contribution in [0.3, 0.4) is 0 Å². The van der Waals surface area contributed by atoms with Crippen LogP contribution >= 0.6 is 0 Å². The van der Waals surface area contributed by atoms with Crippen molar-refractivity contribution in [3.05, 3.63) is 64.8 Å². The minimum absolute atomic E-state index is 0.0359. The van der Waals surface area contributed by atoms with Crippen molar-refractivity contribution in [1.82, 2.24) is 19.0 Å². The number of ether oxygens (including phenoxy) is 2. The molecule has 4 heterocycles. The minimum atomic E-state index is -0.176. The summed E-state index contributed by atoms with van der Waals surface area (Å²) in [6.07, 6.45) is 3.14. The van der Waals surface area contributed by atoms with E-state index in [0.29, 0.717) is 38.4 Å². The highest BCUT2D eigenvalue weighted by molar-refractivity contribution is 5.94. The number of carbonyl (C=O) groups excluding carboxylic acids is 1. The number of fused-ring (bicyclic) bond motifs is 2. The number of para-hydroxylation sites is 2. The Morgan fingerprint density at radius 2 is 1.87 bits per heavy atom. The number of nitrogens with zero attached hydrogens (tertiary/aromatic N) is 4. The number of benzene rings is 1. The largest absolute Gasteiger partial charge is 0.371 e. The molecule has 2 aromatic heterocycles. The first-order valence-electron chi connectivity index (χ1n) is 10.3. The zero-order valence-corrected chi connectivity index (χ0v) is 16.8. The lowest BCUT2D eigenvalue weighted by Gasteiger charge is -2.20. The molecule has 3 aromatic rings. The van der Waals surface area contributed by atoms with Crippen molar-refractivity contribution in [1.29, 1.82) is 0 Å². The molecule has 8 nitrogen and oxygen atoms in total. The van der Waals surface area contributed by atoms with E-state index in [1.807, 2.05) is 37.5 Å². The fourth-order valence-corrected chi connectivity index (χ4v) is 4.26. The summed E-state index contributed by atoms with van der Waals surface area (Å²) in [4.78, 5) is 31.1. The first-order chi connectivity index (χ1) is 14.6. The molecule has 30 heavy (non-hydrogen) atoms. The summed E-state index contributed by atoms with van der Waals surface area (Å²) in [5.74, 6) is -0.159. The van der Waals surface area contributed by atoms with E-state index in [1.54, 1.807) is 21.7 Å². The fourth-order valence-electron chi connectivity index (χ4n) is 4.26. The number of imidazole rings is 1. The van der Waals surface area contributed by atoms with Gasteiger partial charge in [0.1, 0.15) is 12.2 Å². The van der Waals surface area contributed by atoms with Gasteiger partial charge < -0.3 is 23.5 Å². The number of aromatic nitrogens is 3. The molecule has 2 fully saturated rings. The van der Waals surface area contributed by atoms with Gasteiger partial charge in [0.25, 0.3) is 11.5 Å². The average Bonchev–Trinajstić information content (AvgIpc) is 3.33. The lowest BCUT2D eigenvalue weighted by atomic mass is 10.2. The van der Waals surface area contributed by atoms with Crippen LogP contribution in [0.4, 0.5) is 0 Å². The number of aryl methyl sites for hydroxylation is 1. The predicted molar refractivity (Wildman–Crippen MR) is 111 cm³/mol. The van der Waals surface area contributed by atoms with Crippen LogP contribution in [0, 0.1) is 0 Å².